The Labute approximate surface area is 181 Å². The third-order valence-electron chi connectivity index (χ3n) is 5.09. The van der Waals surface area contributed by atoms with E-state index in [4.69, 9.17) is 16.3 Å². The molecule has 1 aliphatic rings. The molecule has 0 amide bonds. The van der Waals surface area contributed by atoms with Crippen molar-refractivity contribution in [2.24, 2.45) is 5.92 Å². The number of aromatic amines is 1. The predicted molar refractivity (Wildman–Crippen MR) is 118 cm³/mol. The second kappa shape index (κ2) is 8.50. The molecule has 1 aromatic carbocycles. The van der Waals surface area contributed by atoms with Crippen LogP contribution < -0.4 is 5.56 Å². The first-order valence-corrected chi connectivity index (χ1v) is 11.6. The van der Waals surface area contributed by atoms with Crippen molar-refractivity contribution in [3.8, 4) is 0 Å². The smallest absolute Gasteiger partial charge is 0.319 e. The van der Waals surface area contributed by atoms with Gasteiger partial charge in [-0.05, 0) is 43.7 Å². The van der Waals surface area contributed by atoms with E-state index in [0.717, 1.165) is 40.6 Å². The van der Waals surface area contributed by atoms with Gasteiger partial charge in [0.25, 0.3) is 5.56 Å². The van der Waals surface area contributed by atoms with Crippen molar-refractivity contribution in [2.45, 2.75) is 50.1 Å². The van der Waals surface area contributed by atoms with E-state index in [1.807, 2.05) is 18.2 Å². The summed E-state index contributed by atoms with van der Waals surface area (Å²) in [6.45, 7) is 4.09. The number of thioether (sulfide) groups is 1. The number of aryl methyl sites for hydroxylation is 1. The van der Waals surface area contributed by atoms with Crippen molar-refractivity contribution in [3.63, 3.8) is 0 Å². The number of ether oxygens (including phenoxy) is 1. The summed E-state index contributed by atoms with van der Waals surface area (Å²) >= 11 is 8.90. The summed E-state index contributed by atoms with van der Waals surface area (Å²) in [6, 6.07) is 7.25. The van der Waals surface area contributed by atoms with Crippen LogP contribution in [0.25, 0.3) is 10.2 Å². The van der Waals surface area contributed by atoms with Crippen LogP contribution in [0.15, 0.2) is 34.2 Å². The van der Waals surface area contributed by atoms with Gasteiger partial charge in [-0.2, -0.15) is 0 Å². The van der Waals surface area contributed by atoms with Crippen LogP contribution in [0.5, 0.6) is 0 Å². The maximum atomic E-state index is 12.7. The molecular weight excluding hydrogens is 428 g/mol. The third-order valence-corrected chi connectivity index (χ3v) is 7.57. The third kappa shape index (κ3) is 4.37. The number of esters is 1. The summed E-state index contributed by atoms with van der Waals surface area (Å²) in [5, 5.41) is 1.22. The molecule has 2 unspecified atom stereocenters. The lowest BCUT2D eigenvalue weighted by molar-refractivity contribution is -0.143. The first-order valence-electron chi connectivity index (χ1n) is 9.53. The van der Waals surface area contributed by atoms with Gasteiger partial charge in [0.1, 0.15) is 16.7 Å². The van der Waals surface area contributed by atoms with Crippen LogP contribution in [0.2, 0.25) is 5.02 Å². The summed E-state index contributed by atoms with van der Waals surface area (Å²) in [5.41, 5.74) is 1.79. The summed E-state index contributed by atoms with van der Waals surface area (Å²) in [6.07, 6.45) is 3.03. The van der Waals surface area contributed by atoms with Gasteiger partial charge in [-0.25, -0.2) is 4.98 Å². The minimum atomic E-state index is -0.507. The number of fused-ring (bicyclic) bond motifs is 3. The molecule has 0 aliphatic heterocycles. The minimum absolute atomic E-state index is 0.113. The zero-order valence-corrected chi connectivity index (χ0v) is 18.5. The quantitative estimate of drug-likeness (QED) is 0.338. The summed E-state index contributed by atoms with van der Waals surface area (Å²) < 4.78 is 5.38. The molecule has 0 radical (unpaired) electrons. The number of nitrogens with zero attached hydrogens (tertiary/aromatic N) is 1. The molecule has 0 spiro atoms. The second-order valence-corrected chi connectivity index (χ2v) is 10.2. The number of rotatable bonds is 5. The lowest BCUT2D eigenvalue weighted by Crippen LogP contribution is -2.19. The molecule has 4 rings (SSSR count). The van der Waals surface area contributed by atoms with E-state index in [0.29, 0.717) is 16.1 Å². The van der Waals surface area contributed by atoms with Crippen LogP contribution in [-0.4, -0.2) is 21.2 Å². The largest absolute Gasteiger partial charge is 0.460 e. The van der Waals surface area contributed by atoms with Gasteiger partial charge in [-0.15, -0.1) is 11.3 Å². The Bertz CT molecular complexity index is 1120. The summed E-state index contributed by atoms with van der Waals surface area (Å²) in [4.78, 5) is 34.5. The number of carbonyl (C=O) groups excluding carboxylic acids is 1. The highest BCUT2D eigenvalue weighted by Crippen LogP contribution is 2.36. The summed E-state index contributed by atoms with van der Waals surface area (Å²) in [7, 11) is 0. The number of benzene rings is 1. The van der Waals surface area contributed by atoms with Gasteiger partial charge in [0.2, 0.25) is 0 Å². The number of thiophene rings is 1. The Morgan fingerprint density at radius 3 is 3.03 bits per heavy atom. The van der Waals surface area contributed by atoms with E-state index in [1.54, 1.807) is 24.3 Å². The normalized spacial score (nSPS) is 17.1. The molecule has 5 nitrogen and oxygen atoms in total. The molecule has 1 N–H and O–H groups in total. The predicted octanol–water partition coefficient (Wildman–Crippen LogP) is 4.99. The summed E-state index contributed by atoms with van der Waals surface area (Å²) in [5.74, 6) is 0.258. The number of H-pyrrole nitrogens is 1. The maximum Gasteiger partial charge on any atom is 0.319 e. The topological polar surface area (TPSA) is 72.0 Å². The van der Waals surface area contributed by atoms with E-state index < -0.39 is 5.25 Å². The lowest BCUT2D eigenvalue weighted by atomic mass is 9.89. The van der Waals surface area contributed by atoms with E-state index >= 15 is 0 Å². The molecule has 29 heavy (non-hydrogen) atoms. The number of carbonyl (C=O) groups is 1. The fourth-order valence-electron chi connectivity index (χ4n) is 3.48. The highest BCUT2D eigenvalue weighted by atomic mass is 35.5. The van der Waals surface area contributed by atoms with Gasteiger partial charge < -0.3 is 9.72 Å². The average molecular weight is 449 g/mol. The molecular formula is C21H21ClN2O3S2. The van der Waals surface area contributed by atoms with Gasteiger partial charge in [0.05, 0.1) is 5.39 Å². The Kier molecular flexibility index (Phi) is 5.99. The fraction of sp³-hybridized carbons (Fsp3) is 0.381. The number of hydrogen-bond acceptors (Lipinski definition) is 6. The number of hydrogen-bond donors (Lipinski definition) is 1. The van der Waals surface area contributed by atoms with Crippen LogP contribution >= 0.6 is 34.7 Å². The van der Waals surface area contributed by atoms with Gasteiger partial charge >= 0.3 is 5.97 Å². The monoisotopic (exact) mass is 448 g/mol. The highest BCUT2D eigenvalue weighted by Gasteiger charge is 2.24. The van der Waals surface area contributed by atoms with Crippen LogP contribution in [0, 0.1) is 5.92 Å². The Morgan fingerprint density at radius 2 is 2.24 bits per heavy atom. The Hall–Kier alpha value is -1.83. The van der Waals surface area contributed by atoms with E-state index in [2.05, 4.69) is 16.9 Å². The van der Waals surface area contributed by atoms with Gasteiger partial charge in [0.15, 0.2) is 5.16 Å². The van der Waals surface area contributed by atoms with Crippen molar-refractivity contribution in [1.29, 1.82) is 0 Å². The minimum Gasteiger partial charge on any atom is -0.460 e. The van der Waals surface area contributed by atoms with Crippen LogP contribution in [0.4, 0.5) is 0 Å². The first kappa shape index (κ1) is 20.4. The van der Waals surface area contributed by atoms with Crippen molar-refractivity contribution in [2.75, 3.05) is 0 Å². The number of halogens is 1. The van der Waals surface area contributed by atoms with Crippen LogP contribution in [-0.2, 0) is 29.0 Å². The molecule has 1 aliphatic carbocycles. The zero-order valence-electron chi connectivity index (χ0n) is 16.2. The molecule has 2 aromatic heterocycles. The molecule has 0 bridgehead atoms. The molecule has 2 atom stereocenters. The molecule has 0 saturated carbocycles. The lowest BCUT2D eigenvalue weighted by Gasteiger charge is -2.17. The molecule has 3 aromatic rings. The van der Waals surface area contributed by atoms with E-state index in [1.165, 1.54) is 16.6 Å². The van der Waals surface area contributed by atoms with Crippen molar-refractivity contribution in [1.82, 2.24) is 9.97 Å². The molecule has 2 heterocycles. The first-order chi connectivity index (χ1) is 13.9. The van der Waals surface area contributed by atoms with Crippen LogP contribution in [0.3, 0.4) is 0 Å². The maximum absolute atomic E-state index is 12.7. The molecule has 0 fully saturated rings. The molecule has 0 saturated heterocycles. The van der Waals surface area contributed by atoms with Gasteiger partial charge in [-0.3, -0.25) is 9.59 Å². The molecule has 152 valence electrons. The molecule has 8 heteroatoms. The number of nitrogens with one attached hydrogen (secondary N) is 1. The SMILES string of the molecule is CC1CCc2c(sc3nc(SC(C)C(=O)OCc4ccccc4Cl)[nH]c(=O)c23)C1. The Balaban J connectivity index is 1.48. The average Bonchev–Trinajstić information content (AvgIpc) is 3.04. The van der Waals surface area contributed by atoms with Crippen molar-refractivity contribution >= 4 is 50.9 Å². The van der Waals surface area contributed by atoms with Crippen LogP contribution in [0.1, 0.15) is 36.3 Å². The second-order valence-electron chi connectivity index (χ2n) is 7.36. The number of aromatic nitrogens is 2. The van der Waals surface area contributed by atoms with E-state index in [9.17, 15) is 9.59 Å². The van der Waals surface area contributed by atoms with Gasteiger partial charge in [0, 0.05) is 15.5 Å². The van der Waals surface area contributed by atoms with Crippen molar-refractivity contribution in [3.05, 3.63) is 55.6 Å². The van der Waals surface area contributed by atoms with E-state index in [-0.39, 0.29) is 18.1 Å². The fourth-order valence-corrected chi connectivity index (χ4v) is 5.91. The Morgan fingerprint density at radius 1 is 1.45 bits per heavy atom. The zero-order chi connectivity index (χ0) is 20.5. The van der Waals surface area contributed by atoms with Crippen molar-refractivity contribution < 1.29 is 9.53 Å². The highest BCUT2D eigenvalue weighted by molar-refractivity contribution is 8.00. The standard InChI is InChI=1S/C21H21ClN2O3S2/c1-11-7-8-14-16(9-11)29-19-17(14)18(25)23-21(24-19)28-12(2)20(26)27-10-13-5-3-4-6-15(13)22/h3-6,11-12H,7-10H2,1-2H3,(H,23,24,25). The van der Waals surface area contributed by atoms with Gasteiger partial charge in [-0.1, -0.05) is 48.5 Å².